The van der Waals surface area contributed by atoms with Gasteiger partial charge < -0.3 is 4.74 Å². The number of ether oxygens (including phenoxy) is 1. The molecule has 0 unspecified atom stereocenters. The molecule has 2 heterocycles. The molecule has 118 valence electrons. The Bertz CT molecular complexity index is 742. The zero-order valence-corrected chi connectivity index (χ0v) is 12.3. The summed E-state index contributed by atoms with van der Waals surface area (Å²) in [4.78, 5) is 48.7. The second-order valence-electron chi connectivity index (χ2n) is 5.15. The number of aryl methyl sites for hydroxylation is 1. The Morgan fingerprint density at radius 1 is 1.22 bits per heavy atom. The van der Waals surface area contributed by atoms with Crippen LogP contribution in [-0.2, 0) is 19.1 Å². The van der Waals surface area contributed by atoms with E-state index in [1.54, 1.807) is 24.3 Å². The highest BCUT2D eigenvalue weighted by Crippen LogP contribution is 2.35. The van der Waals surface area contributed by atoms with Crippen LogP contribution in [0.5, 0.6) is 0 Å². The average molecular weight is 316 g/mol. The highest BCUT2D eigenvalue weighted by Gasteiger charge is 2.59. The largest absolute Gasteiger partial charge is 0.464 e. The molecule has 0 aliphatic carbocycles. The molecule has 1 fully saturated rings. The first kappa shape index (κ1) is 14.8. The Labute approximate surface area is 130 Å². The normalized spacial score (nSPS) is 23.0. The summed E-state index contributed by atoms with van der Waals surface area (Å²) < 4.78 is 4.55. The number of carbonyl (C=O) groups excluding carboxylic acids is 3. The smallest absolute Gasteiger partial charge is 0.355 e. The van der Waals surface area contributed by atoms with E-state index in [0.717, 1.165) is 17.6 Å². The number of hydrazone groups is 1. The minimum Gasteiger partial charge on any atom is -0.464 e. The van der Waals surface area contributed by atoms with E-state index < -0.39 is 29.7 Å². The number of rotatable bonds is 3. The summed E-state index contributed by atoms with van der Waals surface area (Å²) >= 11 is 0. The van der Waals surface area contributed by atoms with Gasteiger partial charge in [0.25, 0.3) is 5.91 Å². The molecule has 2 atom stereocenters. The molecule has 1 saturated heterocycles. The standard InChI is InChI=1S/C14H12N4O5/c1-7-3-5-8(6-4-7)17-12(19)9-10(14(21)23-2)15-18(16-22)11(9)13(17)20/h3-6,9,11H,1-2H3/t9-,11+/m0/s1. The molecule has 0 saturated carbocycles. The summed E-state index contributed by atoms with van der Waals surface area (Å²) in [6.45, 7) is 1.87. The lowest BCUT2D eigenvalue weighted by Gasteiger charge is -2.16. The van der Waals surface area contributed by atoms with Crippen molar-refractivity contribution >= 4 is 29.2 Å². The molecule has 3 rings (SSSR count). The summed E-state index contributed by atoms with van der Waals surface area (Å²) in [5.41, 5.74) is 1.01. The SMILES string of the molecule is COC(=O)C1=NN(N=O)[C@H]2C(=O)N(c3ccc(C)cc3)C(=O)[C@@H]12. The second-order valence-corrected chi connectivity index (χ2v) is 5.15. The number of carbonyl (C=O) groups is 3. The van der Waals surface area contributed by atoms with Crippen LogP contribution < -0.4 is 4.90 Å². The Morgan fingerprint density at radius 2 is 1.87 bits per heavy atom. The zero-order chi connectivity index (χ0) is 16.7. The van der Waals surface area contributed by atoms with Crippen LogP contribution >= 0.6 is 0 Å². The lowest BCUT2D eigenvalue weighted by molar-refractivity contribution is -0.133. The number of imide groups is 1. The van der Waals surface area contributed by atoms with Crippen molar-refractivity contribution in [2.75, 3.05) is 12.0 Å². The van der Waals surface area contributed by atoms with Crippen LogP contribution in [0, 0.1) is 17.7 Å². The van der Waals surface area contributed by atoms with Crippen LogP contribution in [0.15, 0.2) is 34.7 Å². The topological polar surface area (TPSA) is 109 Å². The molecule has 2 aliphatic rings. The van der Waals surface area contributed by atoms with Gasteiger partial charge >= 0.3 is 5.97 Å². The maximum absolute atomic E-state index is 12.6. The third-order valence-electron chi connectivity index (χ3n) is 3.80. The maximum Gasteiger partial charge on any atom is 0.355 e. The third kappa shape index (κ3) is 2.08. The van der Waals surface area contributed by atoms with Crippen molar-refractivity contribution in [3.63, 3.8) is 0 Å². The van der Waals surface area contributed by atoms with Gasteiger partial charge in [-0.2, -0.15) is 0 Å². The summed E-state index contributed by atoms with van der Waals surface area (Å²) in [7, 11) is 1.12. The van der Waals surface area contributed by atoms with E-state index in [-0.39, 0.29) is 5.71 Å². The molecular formula is C14H12N4O5. The quantitative estimate of drug-likeness (QED) is 0.453. The van der Waals surface area contributed by atoms with Gasteiger partial charge in [0.05, 0.1) is 18.1 Å². The highest BCUT2D eigenvalue weighted by molar-refractivity contribution is 6.46. The monoisotopic (exact) mass is 316 g/mol. The fourth-order valence-electron chi connectivity index (χ4n) is 2.68. The van der Waals surface area contributed by atoms with Gasteiger partial charge in [0.1, 0.15) is 5.92 Å². The number of anilines is 1. The second kappa shape index (κ2) is 5.27. The number of fused-ring (bicyclic) bond motifs is 1. The molecule has 0 N–H and O–H groups in total. The molecule has 0 spiro atoms. The number of amides is 2. The first-order chi connectivity index (χ1) is 11.0. The van der Waals surface area contributed by atoms with Crippen molar-refractivity contribution in [2.24, 2.45) is 16.3 Å². The highest BCUT2D eigenvalue weighted by atomic mass is 16.5. The number of methoxy groups -OCH3 is 1. The summed E-state index contributed by atoms with van der Waals surface area (Å²) in [5.74, 6) is -3.38. The Balaban J connectivity index is 2.03. The van der Waals surface area contributed by atoms with Crippen LogP contribution in [-0.4, -0.2) is 41.8 Å². The molecule has 0 bridgehead atoms. The lowest BCUT2D eigenvalue weighted by atomic mass is 9.98. The molecule has 1 aromatic rings. The molecule has 0 radical (unpaired) electrons. The third-order valence-corrected chi connectivity index (χ3v) is 3.80. The number of hydrogen-bond donors (Lipinski definition) is 0. The van der Waals surface area contributed by atoms with Crippen molar-refractivity contribution in [3.8, 4) is 0 Å². The predicted octanol–water partition coefficient (Wildman–Crippen LogP) is 0.379. The Morgan fingerprint density at radius 3 is 2.43 bits per heavy atom. The molecule has 1 aromatic carbocycles. The van der Waals surface area contributed by atoms with Crippen molar-refractivity contribution in [1.29, 1.82) is 0 Å². The Kier molecular flexibility index (Phi) is 3.40. The van der Waals surface area contributed by atoms with Crippen molar-refractivity contribution in [2.45, 2.75) is 13.0 Å². The first-order valence-corrected chi connectivity index (χ1v) is 6.73. The maximum atomic E-state index is 12.6. The van der Waals surface area contributed by atoms with E-state index >= 15 is 0 Å². The molecular weight excluding hydrogens is 304 g/mol. The van der Waals surface area contributed by atoms with E-state index in [9.17, 15) is 19.3 Å². The van der Waals surface area contributed by atoms with Crippen LogP contribution in [0.3, 0.4) is 0 Å². The Hall–Kier alpha value is -3.10. The van der Waals surface area contributed by atoms with Crippen molar-refractivity contribution in [3.05, 3.63) is 34.7 Å². The summed E-state index contributed by atoms with van der Waals surface area (Å²) in [6, 6.07) is 5.46. The number of hydrogen-bond acceptors (Lipinski definition) is 7. The van der Waals surface area contributed by atoms with E-state index in [4.69, 9.17) is 0 Å². The van der Waals surface area contributed by atoms with E-state index in [2.05, 4.69) is 15.1 Å². The van der Waals surface area contributed by atoms with Crippen LogP contribution in [0.2, 0.25) is 0 Å². The fraction of sp³-hybridized carbons (Fsp3) is 0.286. The summed E-state index contributed by atoms with van der Waals surface area (Å²) in [5, 5.41) is 6.79. The van der Waals surface area contributed by atoms with Gasteiger partial charge in [-0.15, -0.1) is 15.1 Å². The molecule has 23 heavy (non-hydrogen) atoms. The van der Waals surface area contributed by atoms with Gasteiger partial charge in [-0.1, -0.05) is 17.7 Å². The average Bonchev–Trinajstić information content (AvgIpc) is 3.05. The zero-order valence-electron chi connectivity index (χ0n) is 12.3. The van der Waals surface area contributed by atoms with E-state index in [0.29, 0.717) is 10.8 Å². The first-order valence-electron chi connectivity index (χ1n) is 6.73. The van der Waals surface area contributed by atoms with E-state index in [1.807, 2.05) is 6.92 Å². The van der Waals surface area contributed by atoms with Crippen molar-refractivity contribution < 1.29 is 19.1 Å². The van der Waals surface area contributed by atoms with Gasteiger partial charge in [0.2, 0.25) is 5.91 Å². The number of esters is 1. The number of benzene rings is 1. The predicted molar refractivity (Wildman–Crippen MR) is 78.0 cm³/mol. The van der Waals surface area contributed by atoms with Gasteiger partial charge in [-0.05, 0) is 19.1 Å². The minimum absolute atomic E-state index is 0.301. The van der Waals surface area contributed by atoms with E-state index in [1.165, 1.54) is 0 Å². The molecule has 9 nitrogen and oxygen atoms in total. The molecule has 2 aliphatic heterocycles. The fourth-order valence-corrected chi connectivity index (χ4v) is 2.68. The molecule has 9 heteroatoms. The van der Waals surface area contributed by atoms with Gasteiger partial charge in [0, 0.05) is 0 Å². The van der Waals surface area contributed by atoms with Gasteiger partial charge in [-0.3, -0.25) is 9.59 Å². The lowest BCUT2D eigenvalue weighted by Crippen LogP contribution is -2.36. The van der Waals surface area contributed by atoms with Crippen LogP contribution in [0.4, 0.5) is 5.69 Å². The van der Waals surface area contributed by atoms with Gasteiger partial charge in [-0.25, -0.2) is 9.69 Å². The summed E-state index contributed by atoms with van der Waals surface area (Å²) in [6.07, 6.45) is 0. The molecule has 2 amide bonds. The van der Waals surface area contributed by atoms with Crippen LogP contribution in [0.25, 0.3) is 0 Å². The molecule has 0 aromatic heterocycles. The van der Waals surface area contributed by atoms with Crippen molar-refractivity contribution in [1.82, 2.24) is 5.12 Å². The number of nitroso groups, excluding NO2 is 1. The minimum atomic E-state index is -1.25. The number of nitrogens with zero attached hydrogens (tertiary/aromatic N) is 4. The van der Waals surface area contributed by atoms with Crippen LogP contribution in [0.1, 0.15) is 5.56 Å². The van der Waals surface area contributed by atoms with Gasteiger partial charge in [0.15, 0.2) is 11.8 Å².